The summed E-state index contributed by atoms with van der Waals surface area (Å²) in [5.74, 6) is -1.43. The van der Waals surface area contributed by atoms with Gasteiger partial charge in [-0.3, -0.25) is 4.79 Å². The van der Waals surface area contributed by atoms with E-state index in [1.54, 1.807) is 13.8 Å². The van der Waals surface area contributed by atoms with E-state index in [9.17, 15) is 13.6 Å². The van der Waals surface area contributed by atoms with Gasteiger partial charge < -0.3 is 0 Å². The summed E-state index contributed by atoms with van der Waals surface area (Å²) < 4.78 is 26.3. The largest absolute Gasteiger partial charge is 0.295 e. The smallest absolute Gasteiger partial charge is 0.159 e. The zero-order chi connectivity index (χ0) is 13.2. The van der Waals surface area contributed by atoms with Crippen molar-refractivity contribution < 1.29 is 13.6 Å². The van der Waals surface area contributed by atoms with Crippen LogP contribution in [0.4, 0.5) is 8.78 Å². The molecule has 0 heterocycles. The third kappa shape index (κ3) is 2.87. The highest BCUT2D eigenvalue weighted by molar-refractivity contribution is 5.99. The van der Waals surface area contributed by atoms with E-state index >= 15 is 0 Å². The first-order chi connectivity index (χ1) is 7.84. The molecule has 1 rings (SSSR count). The second-order valence-corrected chi connectivity index (χ2v) is 3.91. The summed E-state index contributed by atoms with van der Waals surface area (Å²) in [7, 11) is 0. The summed E-state index contributed by atoms with van der Waals surface area (Å²) in [6.07, 6.45) is 0. The third-order valence-electron chi connectivity index (χ3n) is 2.78. The quantitative estimate of drug-likeness (QED) is 0.574. The Morgan fingerprint density at radius 3 is 2.24 bits per heavy atom. The summed E-state index contributed by atoms with van der Waals surface area (Å²) in [6, 6.07) is 3.37. The second kappa shape index (κ2) is 5.04. The molecular weight excluding hydrogens is 222 g/mol. The van der Waals surface area contributed by atoms with Gasteiger partial charge in [-0.2, -0.15) is 0 Å². The molecular formula is C14H14F2O. The Morgan fingerprint density at radius 1 is 1.18 bits per heavy atom. The van der Waals surface area contributed by atoms with Gasteiger partial charge in [0.15, 0.2) is 5.78 Å². The maximum atomic E-state index is 13.5. The van der Waals surface area contributed by atoms with Gasteiger partial charge in [-0.25, -0.2) is 8.78 Å². The fourth-order valence-corrected chi connectivity index (χ4v) is 1.49. The lowest BCUT2D eigenvalue weighted by Crippen LogP contribution is -1.99. The molecule has 0 aliphatic carbocycles. The maximum Gasteiger partial charge on any atom is 0.159 e. The minimum absolute atomic E-state index is 0.163. The molecule has 0 radical (unpaired) electrons. The van der Waals surface area contributed by atoms with Crippen molar-refractivity contribution in [1.82, 2.24) is 0 Å². The van der Waals surface area contributed by atoms with Crippen molar-refractivity contribution >= 4 is 11.4 Å². The van der Waals surface area contributed by atoms with Crippen LogP contribution in [-0.4, -0.2) is 5.78 Å². The number of benzene rings is 1. The molecule has 1 aromatic rings. The lowest BCUT2D eigenvalue weighted by Gasteiger charge is -2.10. The van der Waals surface area contributed by atoms with E-state index in [1.807, 2.05) is 0 Å². The van der Waals surface area contributed by atoms with Crippen LogP contribution in [0.3, 0.4) is 0 Å². The minimum Gasteiger partial charge on any atom is -0.295 e. The van der Waals surface area contributed by atoms with Crippen molar-refractivity contribution in [3.05, 3.63) is 53.1 Å². The molecule has 90 valence electrons. The SMILES string of the molecule is C=C(C(C)=O)/C(C)=C(\C)c1ccc(F)cc1F. The fourth-order valence-electron chi connectivity index (χ4n) is 1.49. The molecule has 0 fully saturated rings. The lowest BCUT2D eigenvalue weighted by molar-refractivity contribution is -0.113. The van der Waals surface area contributed by atoms with E-state index in [0.29, 0.717) is 16.7 Å². The lowest BCUT2D eigenvalue weighted by atomic mass is 9.96. The predicted molar refractivity (Wildman–Crippen MR) is 64.4 cm³/mol. The topological polar surface area (TPSA) is 17.1 Å². The Balaban J connectivity index is 3.28. The first-order valence-electron chi connectivity index (χ1n) is 5.17. The number of hydrogen-bond donors (Lipinski definition) is 0. The highest BCUT2D eigenvalue weighted by Gasteiger charge is 2.11. The molecule has 0 bridgehead atoms. The van der Waals surface area contributed by atoms with Crippen molar-refractivity contribution in [2.75, 3.05) is 0 Å². The molecule has 0 aliphatic heterocycles. The van der Waals surface area contributed by atoms with Crippen LogP contribution in [0.15, 0.2) is 35.9 Å². The van der Waals surface area contributed by atoms with Crippen LogP contribution in [0.2, 0.25) is 0 Å². The van der Waals surface area contributed by atoms with Gasteiger partial charge in [0.05, 0.1) is 0 Å². The number of allylic oxidation sites excluding steroid dienone is 3. The van der Waals surface area contributed by atoms with Crippen LogP contribution in [0.5, 0.6) is 0 Å². The molecule has 0 saturated carbocycles. The van der Waals surface area contributed by atoms with Crippen molar-refractivity contribution in [2.24, 2.45) is 0 Å². The van der Waals surface area contributed by atoms with Crippen LogP contribution < -0.4 is 0 Å². The van der Waals surface area contributed by atoms with Crippen LogP contribution in [0, 0.1) is 11.6 Å². The molecule has 0 saturated heterocycles. The molecule has 0 N–H and O–H groups in total. The monoisotopic (exact) mass is 236 g/mol. The van der Waals surface area contributed by atoms with E-state index in [4.69, 9.17) is 0 Å². The first-order valence-corrected chi connectivity index (χ1v) is 5.17. The Hall–Kier alpha value is -1.77. The van der Waals surface area contributed by atoms with Crippen LogP contribution >= 0.6 is 0 Å². The number of rotatable bonds is 3. The van der Waals surface area contributed by atoms with Crippen molar-refractivity contribution in [2.45, 2.75) is 20.8 Å². The third-order valence-corrected chi connectivity index (χ3v) is 2.78. The average molecular weight is 236 g/mol. The molecule has 0 aromatic heterocycles. The predicted octanol–water partition coefficient (Wildman–Crippen LogP) is 3.90. The van der Waals surface area contributed by atoms with E-state index in [0.717, 1.165) is 6.07 Å². The van der Waals surface area contributed by atoms with Gasteiger partial charge in [0.25, 0.3) is 0 Å². The second-order valence-electron chi connectivity index (χ2n) is 3.91. The zero-order valence-electron chi connectivity index (χ0n) is 10.1. The van der Waals surface area contributed by atoms with Gasteiger partial charge in [0.1, 0.15) is 11.6 Å². The van der Waals surface area contributed by atoms with Crippen molar-refractivity contribution in [3.8, 4) is 0 Å². The minimum atomic E-state index is -0.641. The zero-order valence-corrected chi connectivity index (χ0v) is 10.1. The molecule has 1 aromatic carbocycles. The van der Waals surface area contributed by atoms with Gasteiger partial charge in [0.2, 0.25) is 0 Å². The molecule has 0 aliphatic rings. The Morgan fingerprint density at radius 2 is 1.76 bits per heavy atom. The summed E-state index contributed by atoms with van der Waals surface area (Å²) in [4.78, 5) is 11.2. The van der Waals surface area contributed by atoms with E-state index < -0.39 is 11.6 Å². The summed E-state index contributed by atoms with van der Waals surface area (Å²) in [5, 5.41) is 0. The van der Waals surface area contributed by atoms with Crippen molar-refractivity contribution in [3.63, 3.8) is 0 Å². The molecule has 0 amide bonds. The Labute approximate surface area is 99.5 Å². The first kappa shape index (κ1) is 13.3. The van der Waals surface area contributed by atoms with Gasteiger partial charge >= 0.3 is 0 Å². The van der Waals surface area contributed by atoms with Crippen LogP contribution in [-0.2, 0) is 4.79 Å². The van der Waals surface area contributed by atoms with E-state index in [1.165, 1.54) is 19.1 Å². The van der Waals surface area contributed by atoms with E-state index in [2.05, 4.69) is 6.58 Å². The number of carbonyl (C=O) groups is 1. The number of Topliss-reactive ketones (excluding diaryl/α,β-unsaturated/α-hetero) is 1. The number of halogens is 2. The van der Waals surface area contributed by atoms with Gasteiger partial charge in [-0.15, -0.1) is 0 Å². The molecule has 1 nitrogen and oxygen atoms in total. The molecule has 0 spiro atoms. The highest BCUT2D eigenvalue weighted by Crippen LogP contribution is 2.25. The average Bonchev–Trinajstić information content (AvgIpc) is 2.26. The molecule has 0 unspecified atom stereocenters. The van der Waals surface area contributed by atoms with Gasteiger partial charge in [0, 0.05) is 17.2 Å². The summed E-state index contributed by atoms with van der Waals surface area (Å²) >= 11 is 0. The molecule has 3 heteroatoms. The van der Waals surface area contributed by atoms with E-state index in [-0.39, 0.29) is 11.3 Å². The van der Waals surface area contributed by atoms with Crippen molar-refractivity contribution in [1.29, 1.82) is 0 Å². The molecule has 17 heavy (non-hydrogen) atoms. The summed E-state index contributed by atoms with van der Waals surface area (Å²) in [6.45, 7) is 8.42. The standard InChI is InChI=1S/C14H14F2O/c1-8(9(2)11(4)17)10(3)13-6-5-12(15)7-14(13)16/h5-7H,2H2,1,3-4H3/b10-8+. The highest BCUT2D eigenvalue weighted by atomic mass is 19.1. The van der Waals surface area contributed by atoms with Gasteiger partial charge in [-0.05, 0) is 44.1 Å². The number of hydrogen-bond acceptors (Lipinski definition) is 1. The Bertz CT molecular complexity index is 513. The molecule has 0 atom stereocenters. The normalized spacial score (nSPS) is 12.1. The number of ketones is 1. The van der Waals surface area contributed by atoms with Gasteiger partial charge in [-0.1, -0.05) is 6.58 Å². The summed E-state index contributed by atoms with van der Waals surface area (Å²) in [5.41, 5.74) is 1.82. The maximum absolute atomic E-state index is 13.5. The van der Waals surface area contributed by atoms with Crippen LogP contribution in [0.1, 0.15) is 26.3 Å². The Kier molecular flexibility index (Phi) is 3.94. The number of carbonyl (C=O) groups excluding carboxylic acids is 1. The fraction of sp³-hybridized carbons (Fsp3) is 0.214. The van der Waals surface area contributed by atoms with Crippen LogP contribution in [0.25, 0.3) is 5.57 Å².